The van der Waals surface area contributed by atoms with E-state index in [0.717, 1.165) is 12.8 Å². The Morgan fingerprint density at radius 2 is 1.63 bits per heavy atom. The first-order valence-electron chi connectivity index (χ1n) is 7.49. The summed E-state index contributed by atoms with van der Waals surface area (Å²) in [4.78, 5) is 26.4. The summed E-state index contributed by atoms with van der Waals surface area (Å²) >= 11 is 0. The third-order valence-corrected chi connectivity index (χ3v) is 4.28. The minimum Gasteiger partial charge on any atom is -0.342 e. The molecule has 108 valence electrons. The smallest absolute Gasteiger partial charge is 0.246 e. The molecule has 1 saturated carbocycles. The zero-order valence-corrected chi connectivity index (χ0v) is 12.4. The molecular weight excluding hydrogens is 240 g/mol. The van der Waals surface area contributed by atoms with Crippen LogP contribution in [0.3, 0.4) is 0 Å². The Bertz CT molecular complexity index is 352. The molecule has 1 aliphatic carbocycles. The summed E-state index contributed by atoms with van der Waals surface area (Å²) in [5.74, 6) is 0.0998. The average Bonchev–Trinajstić information content (AvgIpc) is 2.59. The van der Waals surface area contributed by atoms with Crippen molar-refractivity contribution in [1.29, 1.82) is 0 Å². The molecule has 4 heteroatoms. The predicted molar refractivity (Wildman–Crippen MR) is 74.6 cm³/mol. The highest BCUT2D eigenvalue weighted by atomic mass is 16.2. The molecular formula is C15H26N2O2. The standard InChI is InChI=1S/C15H26N2O2/c1-15(2,3)13-14(19)17(10-12(18)16-13)11-8-6-4-5-7-9-11/h11,13H,4-10H2,1-3H3,(H,16,18). The van der Waals surface area contributed by atoms with Gasteiger partial charge in [0.1, 0.15) is 6.04 Å². The second-order valence-corrected chi connectivity index (χ2v) is 6.98. The number of hydrogen-bond acceptors (Lipinski definition) is 2. The average molecular weight is 266 g/mol. The van der Waals surface area contributed by atoms with Crippen LogP contribution in [0.5, 0.6) is 0 Å². The fourth-order valence-electron chi connectivity index (χ4n) is 3.13. The summed E-state index contributed by atoms with van der Waals surface area (Å²) in [6.07, 6.45) is 6.97. The third-order valence-electron chi connectivity index (χ3n) is 4.28. The predicted octanol–water partition coefficient (Wildman–Crippen LogP) is 2.08. The SMILES string of the molecule is CC(C)(C)C1NC(=O)CN(C2CCCCCC2)C1=O. The van der Waals surface area contributed by atoms with Gasteiger partial charge in [0.25, 0.3) is 0 Å². The van der Waals surface area contributed by atoms with E-state index in [-0.39, 0.29) is 35.9 Å². The van der Waals surface area contributed by atoms with Crippen LogP contribution in [-0.4, -0.2) is 35.3 Å². The molecule has 1 unspecified atom stereocenters. The molecule has 1 saturated heterocycles. The van der Waals surface area contributed by atoms with Gasteiger partial charge in [0, 0.05) is 6.04 Å². The lowest BCUT2D eigenvalue weighted by Crippen LogP contribution is -2.64. The second kappa shape index (κ2) is 5.51. The maximum Gasteiger partial charge on any atom is 0.246 e. The highest BCUT2D eigenvalue weighted by molar-refractivity contribution is 5.95. The van der Waals surface area contributed by atoms with Crippen LogP contribution in [0.4, 0.5) is 0 Å². The highest BCUT2D eigenvalue weighted by Gasteiger charge is 2.42. The van der Waals surface area contributed by atoms with Crippen molar-refractivity contribution in [1.82, 2.24) is 10.2 Å². The number of rotatable bonds is 1. The molecule has 0 aromatic rings. The number of nitrogens with one attached hydrogen (secondary N) is 1. The van der Waals surface area contributed by atoms with E-state index in [9.17, 15) is 9.59 Å². The summed E-state index contributed by atoms with van der Waals surface area (Å²) < 4.78 is 0. The maximum absolute atomic E-state index is 12.6. The minimum atomic E-state index is -0.378. The number of amides is 2. The van der Waals surface area contributed by atoms with Crippen molar-refractivity contribution in [2.45, 2.75) is 71.4 Å². The molecule has 2 aliphatic rings. The van der Waals surface area contributed by atoms with Crippen molar-refractivity contribution in [3.63, 3.8) is 0 Å². The van der Waals surface area contributed by atoms with E-state index in [0.29, 0.717) is 0 Å². The zero-order valence-electron chi connectivity index (χ0n) is 12.4. The van der Waals surface area contributed by atoms with Crippen LogP contribution in [0.25, 0.3) is 0 Å². The van der Waals surface area contributed by atoms with Gasteiger partial charge in [-0.3, -0.25) is 9.59 Å². The Morgan fingerprint density at radius 1 is 1.05 bits per heavy atom. The van der Waals surface area contributed by atoms with Gasteiger partial charge in [-0.1, -0.05) is 46.5 Å². The Hall–Kier alpha value is -1.06. The van der Waals surface area contributed by atoms with Gasteiger partial charge in [0.2, 0.25) is 11.8 Å². The summed E-state index contributed by atoms with van der Waals surface area (Å²) in [6.45, 7) is 6.27. The molecule has 1 atom stereocenters. The van der Waals surface area contributed by atoms with Gasteiger partial charge >= 0.3 is 0 Å². The number of piperazine rings is 1. The summed E-state index contributed by atoms with van der Waals surface area (Å²) in [6, 6.07) is -0.108. The molecule has 1 aliphatic heterocycles. The topological polar surface area (TPSA) is 49.4 Å². The van der Waals surface area contributed by atoms with Crippen LogP contribution in [0.15, 0.2) is 0 Å². The number of carbonyl (C=O) groups excluding carboxylic acids is 2. The van der Waals surface area contributed by atoms with Crippen LogP contribution in [0.1, 0.15) is 59.3 Å². The van der Waals surface area contributed by atoms with Crippen molar-refractivity contribution in [2.24, 2.45) is 5.41 Å². The molecule has 0 aromatic carbocycles. The lowest BCUT2D eigenvalue weighted by molar-refractivity contribution is -0.150. The Balaban J connectivity index is 2.14. The fraction of sp³-hybridized carbons (Fsp3) is 0.867. The summed E-state index contributed by atoms with van der Waals surface area (Å²) in [5, 5.41) is 2.86. The van der Waals surface area contributed by atoms with Crippen LogP contribution in [0.2, 0.25) is 0 Å². The van der Waals surface area contributed by atoms with Gasteiger partial charge in [-0.25, -0.2) is 0 Å². The number of carbonyl (C=O) groups is 2. The zero-order chi connectivity index (χ0) is 14.0. The first kappa shape index (κ1) is 14.4. The van der Waals surface area contributed by atoms with E-state index in [4.69, 9.17) is 0 Å². The molecule has 0 bridgehead atoms. The van der Waals surface area contributed by atoms with Crippen molar-refractivity contribution in [2.75, 3.05) is 6.54 Å². The Morgan fingerprint density at radius 3 is 2.16 bits per heavy atom. The number of nitrogens with zero attached hydrogens (tertiary/aromatic N) is 1. The van der Waals surface area contributed by atoms with Crippen molar-refractivity contribution < 1.29 is 9.59 Å². The van der Waals surface area contributed by atoms with Gasteiger partial charge < -0.3 is 10.2 Å². The van der Waals surface area contributed by atoms with E-state index in [1.54, 1.807) is 0 Å². The largest absolute Gasteiger partial charge is 0.342 e. The number of hydrogen-bond donors (Lipinski definition) is 1. The molecule has 2 fully saturated rings. The van der Waals surface area contributed by atoms with Crippen molar-refractivity contribution in [3.05, 3.63) is 0 Å². The maximum atomic E-state index is 12.6. The van der Waals surface area contributed by atoms with Gasteiger partial charge in [-0.05, 0) is 18.3 Å². The van der Waals surface area contributed by atoms with Gasteiger partial charge in [0.15, 0.2) is 0 Å². The molecule has 0 aromatic heterocycles. The fourth-order valence-corrected chi connectivity index (χ4v) is 3.13. The van der Waals surface area contributed by atoms with E-state index in [2.05, 4.69) is 5.32 Å². The van der Waals surface area contributed by atoms with Crippen LogP contribution >= 0.6 is 0 Å². The molecule has 19 heavy (non-hydrogen) atoms. The van der Waals surface area contributed by atoms with Crippen molar-refractivity contribution >= 4 is 11.8 Å². The van der Waals surface area contributed by atoms with Gasteiger partial charge in [-0.15, -0.1) is 0 Å². The summed E-state index contributed by atoms with van der Waals surface area (Å²) in [7, 11) is 0. The van der Waals surface area contributed by atoms with E-state index >= 15 is 0 Å². The third kappa shape index (κ3) is 3.28. The molecule has 0 spiro atoms. The Labute approximate surface area is 115 Å². The van der Waals surface area contributed by atoms with Crippen LogP contribution < -0.4 is 5.32 Å². The molecule has 4 nitrogen and oxygen atoms in total. The molecule has 2 rings (SSSR count). The minimum absolute atomic E-state index is 0.0104. The van der Waals surface area contributed by atoms with E-state index in [1.807, 2.05) is 25.7 Å². The first-order chi connectivity index (χ1) is 8.89. The summed E-state index contributed by atoms with van der Waals surface area (Å²) in [5.41, 5.74) is -0.226. The van der Waals surface area contributed by atoms with Crippen molar-refractivity contribution in [3.8, 4) is 0 Å². The van der Waals surface area contributed by atoms with E-state index < -0.39 is 0 Å². The lowest BCUT2D eigenvalue weighted by atomic mass is 9.84. The highest BCUT2D eigenvalue weighted by Crippen LogP contribution is 2.28. The first-order valence-corrected chi connectivity index (χ1v) is 7.49. The second-order valence-electron chi connectivity index (χ2n) is 6.98. The van der Waals surface area contributed by atoms with Gasteiger partial charge in [0.05, 0.1) is 6.54 Å². The van der Waals surface area contributed by atoms with Crippen LogP contribution in [-0.2, 0) is 9.59 Å². The monoisotopic (exact) mass is 266 g/mol. The molecule has 2 amide bonds. The Kier molecular flexibility index (Phi) is 4.16. The van der Waals surface area contributed by atoms with E-state index in [1.165, 1.54) is 25.7 Å². The molecule has 1 N–H and O–H groups in total. The van der Waals surface area contributed by atoms with Gasteiger partial charge in [-0.2, -0.15) is 0 Å². The molecule has 1 heterocycles. The van der Waals surface area contributed by atoms with Crippen LogP contribution in [0, 0.1) is 5.41 Å². The lowest BCUT2D eigenvalue weighted by Gasteiger charge is -2.42. The quantitative estimate of drug-likeness (QED) is 0.739. The molecule has 0 radical (unpaired) electrons. The normalized spacial score (nSPS) is 27.1.